The number of anilines is 2. The molecule has 0 aliphatic carbocycles. The number of carbonyl (C=O) groups excluding carboxylic acids is 2. The first kappa shape index (κ1) is 22.6. The van der Waals surface area contributed by atoms with Gasteiger partial charge in [0, 0.05) is 19.6 Å². The van der Waals surface area contributed by atoms with E-state index in [9.17, 15) is 9.59 Å². The molecule has 1 N–H and O–H groups in total. The molecule has 0 radical (unpaired) electrons. The summed E-state index contributed by atoms with van der Waals surface area (Å²) >= 11 is 0. The van der Waals surface area contributed by atoms with Gasteiger partial charge in [0.2, 0.25) is 5.91 Å². The molecule has 3 aromatic carbocycles. The number of nitrogens with one attached hydrogen (secondary N) is 1. The second-order valence-electron chi connectivity index (χ2n) is 8.94. The highest BCUT2D eigenvalue weighted by molar-refractivity contribution is 6.01. The van der Waals surface area contributed by atoms with E-state index in [2.05, 4.69) is 37.4 Å². The molecule has 5 heteroatoms. The monoisotopic (exact) mass is 441 g/mol. The van der Waals surface area contributed by atoms with E-state index in [0.29, 0.717) is 25.2 Å². The van der Waals surface area contributed by atoms with Crippen molar-refractivity contribution in [2.24, 2.45) is 0 Å². The minimum atomic E-state index is -0.0930. The van der Waals surface area contributed by atoms with Crippen molar-refractivity contribution in [2.75, 3.05) is 23.3 Å². The summed E-state index contributed by atoms with van der Waals surface area (Å²) in [4.78, 5) is 29.9. The lowest BCUT2D eigenvalue weighted by atomic mass is 10.1. The standard InChI is InChI=1S/C28H31N3O2/c1-20-10-11-26(25(17-20)29-27(32)18-23-8-5-4-6-9-23)31-13-7-12-30(28(31)33)19-24-15-21(2)14-22(3)16-24/h4-6,8-11,14-17H,7,12-13,18-19H2,1-3H3,(H,29,32). The Labute approximate surface area is 196 Å². The van der Waals surface area contributed by atoms with Crippen molar-refractivity contribution in [1.82, 2.24) is 4.90 Å². The zero-order chi connectivity index (χ0) is 23.4. The van der Waals surface area contributed by atoms with E-state index in [1.165, 1.54) is 11.1 Å². The van der Waals surface area contributed by atoms with Gasteiger partial charge in [0.15, 0.2) is 0 Å². The number of carbonyl (C=O) groups is 2. The summed E-state index contributed by atoms with van der Waals surface area (Å²) < 4.78 is 0. The normalized spacial score (nSPS) is 13.8. The summed E-state index contributed by atoms with van der Waals surface area (Å²) in [6, 6.07) is 21.9. The average molecular weight is 442 g/mol. The molecule has 0 spiro atoms. The van der Waals surface area contributed by atoms with Gasteiger partial charge in [0.1, 0.15) is 0 Å². The third-order valence-corrected chi connectivity index (χ3v) is 5.89. The van der Waals surface area contributed by atoms with Crippen LogP contribution in [-0.2, 0) is 17.8 Å². The fourth-order valence-electron chi connectivity index (χ4n) is 4.49. The molecule has 3 amide bonds. The van der Waals surface area contributed by atoms with Crippen LogP contribution in [0.5, 0.6) is 0 Å². The molecule has 1 fully saturated rings. The van der Waals surface area contributed by atoms with Crippen LogP contribution in [0.3, 0.4) is 0 Å². The van der Waals surface area contributed by atoms with Gasteiger partial charge in [-0.2, -0.15) is 0 Å². The average Bonchev–Trinajstić information content (AvgIpc) is 2.76. The summed E-state index contributed by atoms with van der Waals surface area (Å²) in [6.45, 7) is 8.09. The zero-order valence-electron chi connectivity index (χ0n) is 19.6. The lowest BCUT2D eigenvalue weighted by Crippen LogP contribution is -2.49. The number of hydrogen-bond acceptors (Lipinski definition) is 2. The molecule has 1 saturated heterocycles. The number of amides is 3. The third-order valence-electron chi connectivity index (χ3n) is 5.89. The molecule has 0 aromatic heterocycles. The third kappa shape index (κ3) is 5.61. The Morgan fingerprint density at radius 3 is 2.30 bits per heavy atom. The number of hydrogen-bond donors (Lipinski definition) is 1. The zero-order valence-corrected chi connectivity index (χ0v) is 19.6. The van der Waals surface area contributed by atoms with Gasteiger partial charge in [-0.25, -0.2) is 4.79 Å². The van der Waals surface area contributed by atoms with Crippen LogP contribution in [0.1, 0.15) is 34.2 Å². The van der Waals surface area contributed by atoms with E-state index in [-0.39, 0.29) is 11.9 Å². The van der Waals surface area contributed by atoms with Gasteiger partial charge in [0.25, 0.3) is 0 Å². The maximum absolute atomic E-state index is 13.5. The molecule has 0 bridgehead atoms. The highest BCUT2D eigenvalue weighted by Crippen LogP contribution is 2.30. The maximum Gasteiger partial charge on any atom is 0.324 e. The summed E-state index contributed by atoms with van der Waals surface area (Å²) in [6.07, 6.45) is 1.17. The second kappa shape index (κ2) is 9.90. The van der Waals surface area contributed by atoms with Crippen molar-refractivity contribution in [3.63, 3.8) is 0 Å². The van der Waals surface area contributed by atoms with E-state index >= 15 is 0 Å². The van der Waals surface area contributed by atoms with Crippen molar-refractivity contribution >= 4 is 23.3 Å². The predicted molar refractivity (Wildman–Crippen MR) is 134 cm³/mol. The Balaban J connectivity index is 1.53. The molecule has 0 atom stereocenters. The quantitative estimate of drug-likeness (QED) is 0.539. The Morgan fingerprint density at radius 2 is 1.58 bits per heavy atom. The Hall–Kier alpha value is -3.60. The minimum Gasteiger partial charge on any atom is -0.324 e. The Kier molecular flexibility index (Phi) is 6.78. The van der Waals surface area contributed by atoms with Gasteiger partial charge in [-0.15, -0.1) is 0 Å². The Morgan fingerprint density at radius 1 is 0.848 bits per heavy atom. The number of aryl methyl sites for hydroxylation is 3. The summed E-state index contributed by atoms with van der Waals surface area (Å²) in [5.74, 6) is -0.0930. The number of rotatable bonds is 6. The van der Waals surface area contributed by atoms with E-state index in [0.717, 1.165) is 35.3 Å². The number of urea groups is 1. The molecular weight excluding hydrogens is 410 g/mol. The van der Waals surface area contributed by atoms with Crippen molar-refractivity contribution in [3.8, 4) is 0 Å². The lowest BCUT2D eigenvalue weighted by molar-refractivity contribution is -0.115. The van der Waals surface area contributed by atoms with Crippen molar-refractivity contribution in [2.45, 2.75) is 40.2 Å². The van der Waals surface area contributed by atoms with Crippen LogP contribution >= 0.6 is 0 Å². The van der Waals surface area contributed by atoms with Gasteiger partial charge in [-0.05, 0) is 56.0 Å². The summed E-state index contributed by atoms with van der Waals surface area (Å²) in [5.41, 5.74) is 6.96. The molecule has 0 unspecified atom stereocenters. The highest BCUT2D eigenvalue weighted by Gasteiger charge is 2.28. The molecular formula is C28H31N3O2. The van der Waals surface area contributed by atoms with Gasteiger partial charge < -0.3 is 10.2 Å². The number of benzene rings is 3. The van der Waals surface area contributed by atoms with E-state index < -0.39 is 0 Å². The first-order valence-electron chi connectivity index (χ1n) is 11.5. The van der Waals surface area contributed by atoms with Crippen LogP contribution in [0.25, 0.3) is 0 Å². The smallest absolute Gasteiger partial charge is 0.324 e. The number of nitrogens with zero attached hydrogens (tertiary/aromatic N) is 2. The van der Waals surface area contributed by atoms with Gasteiger partial charge in [0.05, 0.1) is 17.8 Å². The molecule has 4 rings (SSSR count). The summed E-state index contributed by atoms with van der Waals surface area (Å²) in [5, 5.41) is 3.05. The molecule has 170 valence electrons. The van der Waals surface area contributed by atoms with E-state index in [1.54, 1.807) is 4.90 Å². The lowest BCUT2D eigenvalue weighted by Gasteiger charge is -2.36. The van der Waals surface area contributed by atoms with Crippen molar-refractivity contribution in [3.05, 3.63) is 94.5 Å². The van der Waals surface area contributed by atoms with E-state index in [4.69, 9.17) is 0 Å². The van der Waals surface area contributed by atoms with Gasteiger partial charge >= 0.3 is 6.03 Å². The maximum atomic E-state index is 13.5. The largest absolute Gasteiger partial charge is 0.324 e. The fourth-order valence-corrected chi connectivity index (χ4v) is 4.49. The SMILES string of the molecule is Cc1cc(C)cc(CN2CCCN(c3ccc(C)cc3NC(=O)Cc3ccccc3)C2=O)c1. The van der Waals surface area contributed by atoms with Crippen LogP contribution in [0.15, 0.2) is 66.7 Å². The summed E-state index contributed by atoms with van der Waals surface area (Å²) in [7, 11) is 0. The molecule has 1 aliphatic heterocycles. The minimum absolute atomic E-state index is 0.0252. The first-order valence-corrected chi connectivity index (χ1v) is 11.5. The topological polar surface area (TPSA) is 52.6 Å². The molecule has 3 aromatic rings. The van der Waals surface area contributed by atoms with Crippen LogP contribution in [-0.4, -0.2) is 29.9 Å². The predicted octanol–water partition coefficient (Wildman–Crippen LogP) is 5.63. The molecule has 33 heavy (non-hydrogen) atoms. The van der Waals surface area contributed by atoms with Crippen LogP contribution < -0.4 is 10.2 Å². The van der Waals surface area contributed by atoms with E-state index in [1.807, 2.05) is 60.4 Å². The van der Waals surface area contributed by atoms with Crippen LogP contribution in [0, 0.1) is 20.8 Å². The second-order valence-corrected chi connectivity index (χ2v) is 8.94. The highest BCUT2D eigenvalue weighted by atomic mass is 16.2. The molecule has 1 aliphatic rings. The Bertz CT molecular complexity index is 1140. The van der Waals surface area contributed by atoms with Gasteiger partial charge in [-0.3, -0.25) is 9.69 Å². The van der Waals surface area contributed by atoms with Crippen molar-refractivity contribution < 1.29 is 9.59 Å². The molecule has 1 heterocycles. The van der Waals surface area contributed by atoms with Crippen LogP contribution in [0.4, 0.5) is 16.2 Å². The van der Waals surface area contributed by atoms with Crippen LogP contribution in [0.2, 0.25) is 0 Å². The fraction of sp³-hybridized carbons (Fsp3) is 0.286. The van der Waals surface area contributed by atoms with Crippen molar-refractivity contribution in [1.29, 1.82) is 0 Å². The molecule has 5 nitrogen and oxygen atoms in total. The van der Waals surface area contributed by atoms with Gasteiger partial charge in [-0.1, -0.05) is 65.7 Å². The molecule has 0 saturated carbocycles. The first-order chi connectivity index (χ1) is 15.9.